The van der Waals surface area contributed by atoms with Crippen molar-refractivity contribution in [3.05, 3.63) is 0 Å². The van der Waals surface area contributed by atoms with Crippen molar-refractivity contribution in [2.45, 2.75) is 32.7 Å². The van der Waals surface area contributed by atoms with Crippen molar-refractivity contribution in [2.75, 3.05) is 25.1 Å². The molecular weight excluding hydrogens is 252 g/mol. The summed E-state index contributed by atoms with van der Waals surface area (Å²) in [5.41, 5.74) is -0.792. The number of hydrogen-bond donors (Lipinski definition) is 2. The van der Waals surface area contributed by atoms with E-state index in [4.69, 9.17) is 5.11 Å². The van der Waals surface area contributed by atoms with E-state index in [0.717, 1.165) is 12.2 Å². The van der Waals surface area contributed by atoms with Crippen molar-refractivity contribution in [2.24, 2.45) is 5.41 Å². The summed E-state index contributed by atoms with van der Waals surface area (Å²) in [7, 11) is 0. The first-order valence-corrected chi connectivity index (χ1v) is 7.56. The van der Waals surface area contributed by atoms with Gasteiger partial charge in [0.15, 0.2) is 0 Å². The first kappa shape index (κ1) is 15.1. The van der Waals surface area contributed by atoms with Gasteiger partial charge in [0.25, 0.3) is 0 Å². The minimum atomic E-state index is -0.826. The maximum Gasteiger partial charge on any atom is 0.317 e. The second-order valence-electron chi connectivity index (χ2n) is 5.17. The topological polar surface area (TPSA) is 69.6 Å². The van der Waals surface area contributed by atoms with Crippen LogP contribution in [0.1, 0.15) is 26.7 Å². The molecule has 6 heteroatoms. The summed E-state index contributed by atoms with van der Waals surface area (Å²) >= 11 is 1.75. The summed E-state index contributed by atoms with van der Waals surface area (Å²) in [6, 6.07) is -0.0183. The number of carbonyl (C=O) groups excluding carboxylic acids is 1. The molecule has 0 radical (unpaired) electrons. The smallest absolute Gasteiger partial charge is 0.317 e. The molecule has 1 aliphatic rings. The fourth-order valence-corrected chi connectivity index (χ4v) is 2.57. The van der Waals surface area contributed by atoms with Crippen molar-refractivity contribution in [3.8, 4) is 0 Å². The Kier molecular flexibility index (Phi) is 5.31. The van der Waals surface area contributed by atoms with Crippen molar-refractivity contribution in [1.82, 2.24) is 10.2 Å². The molecule has 0 aromatic heterocycles. The van der Waals surface area contributed by atoms with Crippen LogP contribution in [-0.2, 0) is 4.79 Å². The zero-order valence-electron chi connectivity index (χ0n) is 11.2. The molecule has 1 saturated heterocycles. The maximum absolute atomic E-state index is 11.9. The van der Waals surface area contributed by atoms with Crippen LogP contribution in [0.15, 0.2) is 0 Å². The first-order valence-electron chi connectivity index (χ1n) is 6.17. The molecule has 2 N–H and O–H groups in total. The van der Waals surface area contributed by atoms with E-state index in [0.29, 0.717) is 19.5 Å². The number of carboxylic acids is 1. The number of nitrogens with zero attached hydrogens (tertiary/aromatic N) is 1. The van der Waals surface area contributed by atoms with E-state index in [2.05, 4.69) is 5.32 Å². The van der Waals surface area contributed by atoms with Crippen molar-refractivity contribution in [3.63, 3.8) is 0 Å². The number of carbonyl (C=O) groups is 2. The molecule has 1 rings (SSSR count). The minimum absolute atomic E-state index is 0.127. The summed E-state index contributed by atoms with van der Waals surface area (Å²) in [6.45, 7) is 4.48. The van der Waals surface area contributed by atoms with E-state index < -0.39 is 11.4 Å². The first-order chi connectivity index (χ1) is 8.39. The molecule has 2 atom stereocenters. The van der Waals surface area contributed by atoms with Gasteiger partial charge in [0, 0.05) is 19.1 Å². The highest BCUT2D eigenvalue weighted by Crippen LogP contribution is 2.29. The lowest BCUT2D eigenvalue weighted by atomic mass is 9.90. The lowest BCUT2D eigenvalue weighted by Gasteiger charge is -2.22. The Labute approximate surface area is 112 Å². The SMILES string of the molecule is CSCCC(C)NC(=O)N1CCC(C)(C(=O)O)C1. The fourth-order valence-electron chi connectivity index (χ4n) is 1.98. The molecule has 0 aliphatic carbocycles. The lowest BCUT2D eigenvalue weighted by molar-refractivity contribution is -0.146. The van der Waals surface area contributed by atoms with Gasteiger partial charge in [-0.15, -0.1) is 0 Å². The number of nitrogens with one attached hydrogen (secondary N) is 1. The molecule has 5 nitrogen and oxygen atoms in total. The van der Waals surface area contributed by atoms with Crippen molar-refractivity contribution >= 4 is 23.8 Å². The van der Waals surface area contributed by atoms with Gasteiger partial charge < -0.3 is 15.3 Å². The zero-order valence-corrected chi connectivity index (χ0v) is 12.0. The minimum Gasteiger partial charge on any atom is -0.481 e. The van der Waals surface area contributed by atoms with Crippen LogP contribution in [0.3, 0.4) is 0 Å². The van der Waals surface area contributed by atoms with Crippen LogP contribution in [0.5, 0.6) is 0 Å². The van der Waals surface area contributed by atoms with Crippen molar-refractivity contribution < 1.29 is 14.7 Å². The predicted octanol–water partition coefficient (Wildman–Crippen LogP) is 1.63. The molecule has 2 amide bonds. The van der Waals surface area contributed by atoms with Crippen LogP contribution in [0, 0.1) is 5.41 Å². The van der Waals surface area contributed by atoms with Gasteiger partial charge in [-0.2, -0.15) is 11.8 Å². The van der Waals surface area contributed by atoms with E-state index in [-0.39, 0.29) is 12.1 Å². The van der Waals surface area contributed by atoms with Gasteiger partial charge in [0.05, 0.1) is 5.41 Å². The highest BCUT2D eigenvalue weighted by molar-refractivity contribution is 7.98. The molecule has 104 valence electrons. The Balaban J connectivity index is 2.43. The normalized spacial score (nSPS) is 24.9. The van der Waals surface area contributed by atoms with Crippen LogP contribution in [-0.4, -0.2) is 53.1 Å². The molecule has 0 aromatic rings. The summed E-state index contributed by atoms with van der Waals surface area (Å²) in [5.74, 6) is 0.183. The van der Waals surface area contributed by atoms with Gasteiger partial charge in [-0.25, -0.2) is 4.79 Å². The number of hydrogen-bond acceptors (Lipinski definition) is 3. The average Bonchev–Trinajstić information content (AvgIpc) is 2.71. The Morgan fingerprint density at radius 3 is 2.72 bits per heavy atom. The number of aliphatic carboxylic acids is 1. The van der Waals surface area contributed by atoms with Crippen molar-refractivity contribution in [1.29, 1.82) is 0 Å². The largest absolute Gasteiger partial charge is 0.481 e. The number of urea groups is 1. The van der Waals surface area contributed by atoms with Gasteiger partial charge in [-0.3, -0.25) is 4.79 Å². The molecule has 0 bridgehead atoms. The quantitative estimate of drug-likeness (QED) is 0.799. The van der Waals surface area contributed by atoms with Crippen LogP contribution in [0.25, 0.3) is 0 Å². The average molecular weight is 274 g/mol. The van der Waals surface area contributed by atoms with E-state index in [1.807, 2.05) is 13.2 Å². The highest BCUT2D eigenvalue weighted by Gasteiger charge is 2.42. The van der Waals surface area contributed by atoms with E-state index >= 15 is 0 Å². The number of carboxylic acid groups (broad SMARTS) is 1. The van der Waals surface area contributed by atoms with E-state index in [1.54, 1.807) is 23.6 Å². The summed E-state index contributed by atoms with van der Waals surface area (Å²) < 4.78 is 0. The number of amides is 2. The number of likely N-dealkylation sites (tertiary alicyclic amines) is 1. The summed E-state index contributed by atoms with van der Waals surface area (Å²) in [4.78, 5) is 24.6. The second-order valence-corrected chi connectivity index (χ2v) is 6.15. The zero-order chi connectivity index (χ0) is 13.8. The molecule has 1 aliphatic heterocycles. The third-order valence-corrected chi connectivity index (χ3v) is 4.05. The fraction of sp³-hybridized carbons (Fsp3) is 0.833. The predicted molar refractivity (Wildman–Crippen MR) is 72.9 cm³/mol. The van der Waals surface area contributed by atoms with E-state index in [9.17, 15) is 9.59 Å². The lowest BCUT2D eigenvalue weighted by Crippen LogP contribution is -2.44. The molecular formula is C12H22N2O3S. The van der Waals surface area contributed by atoms with Gasteiger partial charge in [0.1, 0.15) is 0 Å². The third-order valence-electron chi connectivity index (χ3n) is 3.40. The highest BCUT2D eigenvalue weighted by atomic mass is 32.2. The molecule has 18 heavy (non-hydrogen) atoms. The molecule has 2 unspecified atom stereocenters. The standard InChI is InChI=1S/C12H22N2O3S/c1-9(4-7-18-3)13-11(17)14-6-5-12(2,8-14)10(15)16/h9H,4-8H2,1-3H3,(H,13,17)(H,15,16). The molecule has 0 saturated carbocycles. The third kappa shape index (κ3) is 3.80. The molecule has 1 heterocycles. The number of rotatable bonds is 5. The second kappa shape index (κ2) is 6.31. The van der Waals surface area contributed by atoms with Gasteiger partial charge >= 0.3 is 12.0 Å². The summed E-state index contributed by atoms with van der Waals surface area (Å²) in [6.07, 6.45) is 3.49. The maximum atomic E-state index is 11.9. The Bertz CT molecular complexity index is 324. The molecule has 0 aromatic carbocycles. The Morgan fingerprint density at radius 1 is 1.56 bits per heavy atom. The summed E-state index contributed by atoms with van der Waals surface area (Å²) in [5, 5.41) is 12.0. The van der Waals surface area contributed by atoms with Crippen LogP contribution in [0.4, 0.5) is 4.79 Å². The Morgan fingerprint density at radius 2 is 2.22 bits per heavy atom. The van der Waals surface area contributed by atoms with E-state index in [1.165, 1.54) is 0 Å². The Hall–Kier alpha value is -0.910. The van der Waals surface area contributed by atoms with Gasteiger partial charge in [-0.1, -0.05) is 0 Å². The van der Waals surface area contributed by atoms with Gasteiger partial charge in [0.2, 0.25) is 0 Å². The van der Waals surface area contributed by atoms with Crippen LogP contribution in [0.2, 0.25) is 0 Å². The molecule has 1 fully saturated rings. The van der Waals surface area contributed by atoms with Crippen LogP contribution >= 0.6 is 11.8 Å². The monoisotopic (exact) mass is 274 g/mol. The van der Waals surface area contributed by atoms with Crippen LogP contribution < -0.4 is 5.32 Å². The molecule has 0 spiro atoms. The number of thioether (sulfide) groups is 1. The van der Waals surface area contributed by atoms with Gasteiger partial charge in [-0.05, 0) is 38.7 Å².